The number of ether oxygens (including phenoxy) is 1. The molecule has 0 fully saturated rings. The standard InChI is InChI=1S/C23H21ClN4O4S/c1-2-31-21(29)19-17(25-22(30)26-20(19)15-8-10-16(24)11-9-15)13-33-23-28-27-18(32-23)12-14-6-4-3-5-7-14/h3-11,20H,2,12-13H2,1H3,(H2,25,26,30). The average molecular weight is 485 g/mol. The maximum Gasteiger partial charge on any atom is 0.338 e. The maximum absolute atomic E-state index is 12.8. The molecular formula is C23H21ClN4O4S. The number of rotatable bonds is 8. The molecule has 1 aliphatic rings. The number of amides is 2. The van der Waals surface area contributed by atoms with Crippen LogP contribution < -0.4 is 10.6 Å². The zero-order valence-electron chi connectivity index (χ0n) is 17.7. The van der Waals surface area contributed by atoms with Crippen molar-refractivity contribution in [3.63, 3.8) is 0 Å². The summed E-state index contributed by atoms with van der Waals surface area (Å²) < 4.78 is 11.0. The molecule has 4 rings (SSSR count). The molecular weight excluding hydrogens is 464 g/mol. The van der Waals surface area contributed by atoms with E-state index in [1.807, 2.05) is 30.3 Å². The Labute approximate surface area is 199 Å². The van der Waals surface area contributed by atoms with E-state index in [1.54, 1.807) is 31.2 Å². The van der Waals surface area contributed by atoms with Crippen LogP contribution in [0.5, 0.6) is 0 Å². The Bertz CT molecular complexity index is 1160. The van der Waals surface area contributed by atoms with Gasteiger partial charge in [-0.2, -0.15) is 0 Å². The summed E-state index contributed by atoms with van der Waals surface area (Å²) in [6.07, 6.45) is 0.518. The number of benzene rings is 2. The van der Waals surface area contributed by atoms with Gasteiger partial charge in [0.15, 0.2) is 0 Å². The van der Waals surface area contributed by atoms with E-state index >= 15 is 0 Å². The van der Waals surface area contributed by atoms with E-state index in [2.05, 4.69) is 20.8 Å². The van der Waals surface area contributed by atoms with Gasteiger partial charge in [0.25, 0.3) is 5.22 Å². The number of carbonyl (C=O) groups excluding carboxylic acids is 2. The van der Waals surface area contributed by atoms with Crippen molar-refractivity contribution in [3.05, 3.63) is 87.9 Å². The second kappa shape index (κ2) is 10.5. The van der Waals surface area contributed by atoms with E-state index in [0.717, 1.165) is 5.56 Å². The quantitative estimate of drug-likeness (QED) is 0.363. The fourth-order valence-corrected chi connectivity index (χ4v) is 4.23. The molecule has 3 aromatic rings. The lowest BCUT2D eigenvalue weighted by Crippen LogP contribution is -2.46. The molecule has 1 atom stereocenters. The van der Waals surface area contributed by atoms with Crippen LogP contribution in [0.2, 0.25) is 5.02 Å². The predicted molar refractivity (Wildman–Crippen MR) is 124 cm³/mol. The van der Waals surface area contributed by atoms with Gasteiger partial charge in [0, 0.05) is 16.5 Å². The summed E-state index contributed by atoms with van der Waals surface area (Å²) in [5, 5.41) is 14.6. The Morgan fingerprint density at radius 2 is 1.91 bits per heavy atom. The molecule has 0 spiro atoms. The van der Waals surface area contributed by atoms with Gasteiger partial charge in [0.1, 0.15) is 0 Å². The number of esters is 1. The molecule has 170 valence electrons. The third-order valence-electron chi connectivity index (χ3n) is 4.84. The number of hydrogen-bond donors (Lipinski definition) is 2. The van der Waals surface area contributed by atoms with E-state index < -0.39 is 18.0 Å². The molecule has 0 bridgehead atoms. The molecule has 10 heteroatoms. The molecule has 2 N–H and O–H groups in total. The minimum Gasteiger partial charge on any atom is -0.463 e. The zero-order valence-corrected chi connectivity index (χ0v) is 19.3. The predicted octanol–water partition coefficient (Wildman–Crippen LogP) is 4.28. The number of urea groups is 1. The molecule has 1 unspecified atom stereocenters. The summed E-state index contributed by atoms with van der Waals surface area (Å²) in [7, 11) is 0. The van der Waals surface area contributed by atoms with E-state index in [0.29, 0.717) is 39.4 Å². The van der Waals surface area contributed by atoms with Crippen LogP contribution >= 0.6 is 23.4 Å². The van der Waals surface area contributed by atoms with Gasteiger partial charge >= 0.3 is 12.0 Å². The number of halogens is 1. The molecule has 0 saturated heterocycles. The Hall–Kier alpha value is -3.30. The van der Waals surface area contributed by atoms with E-state index in [9.17, 15) is 9.59 Å². The lowest BCUT2D eigenvalue weighted by Gasteiger charge is -2.29. The van der Waals surface area contributed by atoms with Crippen molar-refractivity contribution in [2.24, 2.45) is 0 Å². The zero-order chi connectivity index (χ0) is 23.2. The Balaban J connectivity index is 1.56. The van der Waals surface area contributed by atoms with E-state index in [1.165, 1.54) is 11.8 Å². The molecule has 2 heterocycles. The molecule has 0 radical (unpaired) electrons. The summed E-state index contributed by atoms with van der Waals surface area (Å²) in [6, 6.07) is 15.6. The van der Waals surface area contributed by atoms with E-state index in [4.69, 9.17) is 20.8 Å². The summed E-state index contributed by atoms with van der Waals surface area (Å²) >= 11 is 7.23. The number of nitrogens with zero attached hydrogens (tertiary/aromatic N) is 2. The fraction of sp³-hybridized carbons (Fsp3) is 0.217. The van der Waals surface area contributed by atoms with Crippen molar-refractivity contribution in [1.82, 2.24) is 20.8 Å². The molecule has 1 aromatic heterocycles. The summed E-state index contributed by atoms with van der Waals surface area (Å²) in [4.78, 5) is 25.2. The highest BCUT2D eigenvalue weighted by molar-refractivity contribution is 7.99. The van der Waals surface area contributed by atoms with Crippen LogP contribution in [0.4, 0.5) is 4.79 Å². The third kappa shape index (κ3) is 5.74. The van der Waals surface area contributed by atoms with Crippen molar-refractivity contribution < 1.29 is 18.7 Å². The smallest absolute Gasteiger partial charge is 0.338 e. The summed E-state index contributed by atoms with van der Waals surface area (Å²) in [6.45, 7) is 1.93. The molecule has 1 aliphatic heterocycles. The lowest BCUT2D eigenvalue weighted by molar-refractivity contribution is -0.139. The maximum atomic E-state index is 12.8. The number of hydrogen-bond acceptors (Lipinski definition) is 7. The molecule has 2 aromatic carbocycles. The van der Waals surface area contributed by atoms with Gasteiger partial charge in [-0.05, 0) is 30.2 Å². The normalized spacial score (nSPS) is 15.7. The Kier molecular flexibility index (Phi) is 7.31. The highest BCUT2D eigenvalue weighted by Gasteiger charge is 2.33. The minimum absolute atomic E-state index is 0.205. The molecule has 8 nitrogen and oxygen atoms in total. The van der Waals surface area contributed by atoms with Crippen molar-refractivity contribution in [3.8, 4) is 0 Å². The molecule has 0 aliphatic carbocycles. The van der Waals surface area contributed by atoms with Crippen LogP contribution in [0.25, 0.3) is 0 Å². The van der Waals surface area contributed by atoms with Crippen LogP contribution in [-0.2, 0) is 16.0 Å². The molecule has 33 heavy (non-hydrogen) atoms. The van der Waals surface area contributed by atoms with Crippen LogP contribution in [0, 0.1) is 0 Å². The topological polar surface area (TPSA) is 106 Å². The van der Waals surface area contributed by atoms with Crippen LogP contribution in [0.1, 0.15) is 30.0 Å². The van der Waals surface area contributed by atoms with Gasteiger partial charge in [-0.1, -0.05) is 65.8 Å². The SMILES string of the molecule is CCOC(=O)C1=C(CSc2nnc(Cc3ccccc3)o2)NC(=O)NC1c1ccc(Cl)cc1. The minimum atomic E-state index is -0.679. The first-order valence-electron chi connectivity index (χ1n) is 10.3. The monoisotopic (exact) mass is 484 g/mol. The van der Waals surface area contributed by atoms with Crippen LogP contribution in [-0.4, -0.2) is 34.6 Å². The highest BCUT2D eigenvalue weighted by Crippen LogP contribution is 2.31. The molecule has 2 amide bonds. The second-order valence-corrected chi connectivity index (χ2v) is 8.47. The highest BCUT2D eigenvalue weighted by atomic mass is 35.5. The van der Waals surface area contributed by atoms with E-state index in [-0.39, 0.29) is 12.4 Å². The van der Waals surface area contributed by atoms with Crippen LogP contribution in [0.3, 0.4) is 0 Å². The van der Waals surface area contributed by atoms with Crippen molar-refractivity contribution >= 4 is 35.4 Å². The lowest BCUT2D eigenvalue weighted by atomic mass is 9.95. The largest absolute Gasteiger partial charge is 0.463 e. The molecule has 0 saturated carbocycles. The average Bonchev–Trinajstić information content (AvgIpc) is 3.26. The van der Waals surface area contributed by atoms with Gasteiger partial charge in [0.2, 0.25) is 5.89 Å². The number of aromatic nitrogens is 2. The number of carbonyl (C=O) groups is 2. The van der Waals surface area contributed by atoms with Crippen molar-refractivity contribution in [2.75, 3.05) is 12.4 Å². The van der Waals surface area contributed by atoms with Gasteiger partial charge in [-0.3, -0.25) is 0 Å². The number of thioether (sulfide) groups is 1. The Morgan fingerprint density at radius 1 is 1.15 bits per heavy atom. The van der Waals surface area contributed by atoms with Gasteiger partial charge in [-0.25, -0.2) is 9.59 Å². The van der Waals surface area contributed by atoms with Crippen molar-refractivity contribution in [1.29, 1.82) is 0 Å². The number of nitrogens with one attached hydrogen (secondary N) is 2. The van der Waals surface area contributed by atoms with Gasteiger partial charge in [0.05, 0.1) is 24.6 Å². The van der Waals surface area contributed by atoms with Gasteiger partial charge < -0.3 is 19.8 Å². The first kappa shape index (κ1) is 22.9. The summed E-state index contributed by atoms with van der Waals surface area (Å²) in [5.74, 6) is 0.200. The third-order valence-corrected chi connectivity index (χ3v) is 5.94. The fourth-order valence-electron chi connectivity index (χ4n) is 3.36. The van der Waals surface area contributed by atoms with Crippen molar-refractivity contribution in [2.45, 2.75) is 24.6 Å². The Morgan fingerprint density at radius 3 is 2.64 bits per heavy atom. The first-order chi connectivity index (χ1) is 16.0. The van der Waals surface area contributed by atoms with Gasteiger partial charge in [-0.15, -0.1) is 10.2 Å². The van der Waals surface area contributed by atoms with Crippen LogP contribution in [0.15, 0.2) is 75.5 Å². The second-order valence-electron chi connectivity index (χ2n) is 7.11. The summed E-state index contributed by atoms with van der Waals surface area (Å²) in [5.41, 5.74) is 2.50. The first-order valence-corrected chi connectivity index (χ1v) is 11.6.